The van der Waals surface area contributed by atoms with Crippen LogP contribution in [0.1, 0.15) is 227 Å². The Morgan fingerprint density at radius 3 is 1.23 bits per heavy atom. The highest BCUT2D eigenvalue weighted by molar-refractivity contribution is 5.07. The highest BCUT2D eigenvalue weighted by atomic mass is 16.5. The van der Waals surface area contributed by atoms with Crippen LogP contribution >= 0.6 is 0 Å². The highest BCUT2D eigenvalue weighted by Gasteiger charge is 2.25. The first-order chi connectivity index (χ1) is 27.0. The Bertz CT molecular complexity index is 1060. The zero-order chi connectivity index (χ0) is 45.4. The van der Waals surface area contributed by atoms with Gasteiger partial charge in [-0.1, -0.05) is 125 Å². The van der Waals surface area contributed by atoms with Crippen LogP contribution in [0.3, 0.4) is 0 Å². The highest BCUT2D eigenvalue weighted by Crippen LogP contribution is 2.30. The Labute approximate surface area is 414 Å². The van der Waals surface area contributed by atoms with Gasteiger partial charge in [-0.05, 0) is 168 Å². The fourth-order valence-electron chi connectivity index (χ4n) is 6.45. The van der Waals surface area contributed by atoms with Gasteiger partial charge in [-0.25, -0.2) is 0 Å². The minimum absolute atomic E-state index is 0. The quantitative estimate of drug-likeness (QED) is 0.225. The van der Waals surface area contributed by atoms with Gasteiger partial charge >= 0.3 is 0 Å². The van der Waals surface area contributed by atoms with E-state index in [1.807, 2.05) is 0 Å². The monoisotopic (exact) mass is 932 g/mol. The van der Waals surface area contributed by atoms with E-state index in [1.54, 1.807) is 7.11 Å². The van der Waals surface area contributed by atoms with E-state index >= 15 is 0 Å². The Morgan fingerprint density at radius 1 is 0.508 bits per heavy atom. The molecule has 2 saturated carbocycles. The topological polar surface area (TPSA) is 46.6 Å². The van der Waals surface area contributed by atoms with Crippen LogP contribution in [0.2, 0.25) is 0 Å². The molecular formula is C58H129N3O4. The van der Waals surface area contributed by atoms with E-state index < -0.39 is 0 Å². The molecule has 0 amide bonds. The van der Waals surface area contributed by atoms with Crippen LogP contribution in [0.4, 0.5) is 0 Å². The maximum Gasteiger partial charge on any atom is 0.107 e. The zero-order valence-electron chi connectivity index (χ0n) is 43.4. The molecule has 0 spiro atoms. The van der Waals surface area contributed by atoms with Crippen molar-refractivity contribution in [3.05, 3.63) is 0 Å². The molecule has 0 radical (unpaired) electrons. The van der Waals surface area contributed by atoms with Crippen LogP contribution in [-0.2, 0) is 18.9 Å². The van der Waals surface area contributed by atoms with Crippen LogP contribution < -0.4 is 0 Å². The summed E-state index contributed by atoms with van der Waals surface area (Å²) in [6, 6.07) is 0. The second kappa shape index (κ2) is 39.1. The maximum absolute atomic E-state index is 5.55. The lowest BCUT2D eigenvalue weighted by Crippen LogP contribution is -2.44. The van der Waals surface area contributed by atoms with E-state index in [2.05, 4.69) is 151 Å². The third-order valence-corrected chi connectivity index (χ3v) is 9.72. The molecule has 0 unspecified atom stereocenters. The molecule has 65 heavy (non-hydrogen) atoms. The summed E-state index contributed by atoms with van der Waals surface area (Å²) in [6.07, 6.45) is 12.6. The van der Waals surface area contributed by atoms with E-state index in [4.69, 9.17) is 18.9 Å². The minimum Gasteiger partial charge on any atom is -0.381 e. The molecule has 5 fully saturated rings. The smallest absolute Gasteiger partial charge is 0.107 e. The Hall–Kier alpha value is -0.720. The number of piperidine rings is 1. The van der Waals surface area contributed by atoms with Gasteiger partial charge in [-0.2, -0.15) is 0 Å². The number of morpholine rings is 1. The molecule has 3 heterocycles. The SMILES string of the molecule is C.C.C.C.C.C.CC(C)(C)CN1CCCC1.CC(C)(C)CN1CCOCC1.CC(C)(C)COCC1CC1.CC(C)(C)N1CCCCC1.CC(C)(C)OCC1CC1.COCC#CC(C)(C)C. The molecule has 5 rings (SSSR count). The predicted molar refractivity (Wildman–Crippen MR) is 298 cm³/mol. The normalized spacial score (nSPS) is 17.9. The third kappa shape index (κ3) is 59.3. The molecule has 0 aromatic rings. The third-order valence-electron chi connectivity index (χ3n) is 9.72. The summed E-state index contributed by atoms with van der Waals surface area (Å²) in [6.45, 7) is 55.1. The van der Waals surface area contributed by atoms with Gasteiger partial charge < -0.3 is 23.8 Å². The van der Waals surface area contributed by atoms with E-state index in [1.165, 1.54) is 97.1 Å². The van der Waals surface area contributed by atoms with Crippen molar-refractivity contribution in [1.82, 2.24) is 14.7 Å². The number of hydrogen-bond acceptors (Lipinski definition) is 7. The number of likely N-dealkylation sites (tertiary alicyclic amines) is 2. The van der Waals surface area contributed by atoms with Crippen LogP contribution in [0.25, 0.3) is 0 Å². The molecule has 0 aromatic carbocycles. The van der Waals surface area contributed by atoms with Crippen molar-refractivity contribution >= 4 is 0 Å². The standard InChI is InChI=1S/C9H19NO.2C9H19N.C9H18O.C8H16O.C8H14O.6CH4/c1-9(2,3)8-10-4-6-11-7-5-10;1-9(2,3)8-10-6-4-5-7-10;1-9(2,3)10-7-5-4-6-8-10;1-9(2,3)7-10-6-8-4-5-8;1-8(2,3)9-6-7-4-5-7;1-8(2,3)6-5-7-9-4;;;;;;/h4-8H2,1-3H3;2*4-8H2,1-3H3;8H,4-7H2,1-3H3;7H,4-6H2,1-3H3;7H2,1-4H3;6*1H4. The summed E-state index contributed by atoms with van der Waals surface area (Å²) in [4.78, 5) is 7.62. The summed E-state index contributed by atoms with van der Waals surface area (Å²) in [7, 11) is 1.65. The zero-order valence-corrected chi connectivity index (χ0v) is 43.4. The average molecular weight is 933 g/mol. The van der Waals surface area contributed by atoms with Crippen molar-refractivity contribution in [3.8, 4) is 11.8 Å². The number of nitrogens with zero attached hydrogens (tertiary/aromatic N) is 3. The summed E-state index contributed by atoms with van der Waals surface area (Å²) in [5.74, 6) is 7.75. The lowest BCUT2D eigenvalue weighted by atomic mass is 9.96. The molecule has 0 bridgehead atoms. The molecule has 2 aliphatic carbocycles. The first-order valence-corrected chi connectivity index (χ1v) is 24.0. The molecule has 7 nitrogen and oxygen atoms in total. The number of ether oxygens (including phenoxy) is 4. The molecule has 3 aliphatic heterocycles. The number of hydrogen-bond donors (Lipinski definition) is 0. The van der Waals surface area contributed by atoms with Crippen molar-refractivity contribution in [2.75, 3.05) is 99.1 Å². The average Bonchev–Trinajstić information content (AvgIpc) is 4.03. The Balaban J connectivity index is -0.000000122. The Morgan fingerprint density at radius 2 is 0.908 bits per heavy atom. The van der Waals surface area contributed by atoms with Gasteiger partial charge in [0.1, 0.15) is 6.61 Å². The number of rotatable bonds is 8. The van der Waals surface area contributed by atoms with E-state index in [0.29, 0.717) is 28.4 Å². The summed E-state index contributed by atoms with van der Waals surface area (Å²) < 4.78 is 21.1. The van der Waals surface area contributed by atoms with Crippen molar-refractivity contribution in [2.45, 2.75) is 238 Å². The van der Waals surface area contributed by atoms with E-state index in [-0.39, 0.29) is 55.6 Å². The molecule has 3 saturated heterocycles. The molecule has 0 aromatic heterocycles. The number of methoxy groups -OCH3 is 1. The van der Waals surface area contributed by atoms with Crippen molar-refractivity contribution < 1.29 is 18.9 Å². The molecule has 400 valence electrons. The molecule has 0 N–H and O–H groups in total. The molecule has 5 aliphatic rings. The van der Waals surface area contributed by atoms with Gasteiger partial charge in [0, 0.05) is 50.8 Å². The van der Waals surface area contributed by atoms with Gasteiger partial charge in [0.05, 0.1) is 32.0 Å². The van der Waals surface area contributed by atoms with Crippen molar-refractivity contribution in [2.24, 2.45) is 33.5 Å². The van der Waals surface area contributed by atoms with Crippen LogP contribution in [-0.4, -0.2) is 125 Å². The fourth-order valence-corrected chi connectivity index (χ4v) is 6.45. The van der Waals surface area contributed by atoms with Crippen molar-refractivity contribution in [3.63, 3.8) is 0 Å². The second-order valence-corrected chi connectivity index (χ2v) is 24.6. The predicted octanol–water partition coefficient (Wildman–Crippen LogP) is 15.9. The van der Waals surface area contributed by atoms with Crippen LogP contribution in [0, 0.1) is 45.3 Å². The minimum atomic E-state index is 0. The fraction of sp³-hybridized carbons (Fsp3) is 0.966. The molecule has 7 heteroatoms. The summed E-state index contributed by atoms with van der Waals surface area (Å²) in [5.41, 5.74) is 1.85. The van der Waals surface area contributed by atoms with Gasteiger partial charge in [0.2, 0.25) is 0 Å². The van der Waals surface area contributed by atoms with Gasteiger partial charge in [-0.3, -0.25) is 9.80 Å². The van der Waals surface area contributed by atoms with Crippen LogP contribution in [0.5, 0.6) is 0 Å². The van der Waals surface area contributed by atoms with E-state index in [9.17, 15) is 0 Å². The van der Waals surface area contributed by atoms with Crippen LogP contribution in [0.15, 0.2) is 0 Å². The second-order valence-electron chi connectivity index (χ2n) is 24.6. The van der Waals surface area contributed by atoms with Gasteiger partial charge in [-0.15, -0.1) is 0 Å². The summed E-state index contributed by atoms with van der Waals surface area (Å²) >= 11 is 0. The van der Waals surface area contributed by atoms with Crippen molar-refractivity contribution in [1.29, 1.82) is 0 Å². The molecule has 0 atom stereocenters. The van der Waals surface area contributed by atoms with Gasteiger partial charge in [0.15, 0.2) is 0 Å². The lowest BCUT2D eigenvalue weighted by molar-refractivity contribution is -0.00880. The lowest BCUT2D eigenvalue weighted by Gasteiger charge is -2.38. The van der Waals surface area contributed by atoms with Gasteiger partial charge in [0.25, 0.3) is 0 Å². The maximum atomic E-state index is 5.55. The summed E-state index contributed by atoms with van der Waals surface area (Å²) in [5, 5.41) is 0. The first kappa shape index (κ1) is 78.5. The van der Waals surface area contributed by atoms with E-state index in [0.717, 1.165) is 58.0 Å². The molecular weight excluding hydrogens is 803 g/mol. The first-order valence-electron chi connectivity index (χ1n) is 24.0. The Kier molecular flexibility index (Phi) is 47.1. The largest absolute Gasteiger partial charge is 0.381 e.